The monoisotopic (exact) mass is 220 g/mol. The number of fused-ring (bicyclic) bond motifs is 1. The highest BCUT2D eigenvalue weighted by atomic mass is 16.6. The minimum Gasteiger partial charge on any atom is -0.368 e. The zero-order chi connectivity index (χ0) is 11.7. The quantitative estimate of drug-likeness (QED) is 0.795. The highest BCUT2D eigenvalue weighted by Gasteiger charge is 2.28. The van der Waals surface area contributed by atoms with E-state index in [1.165, 1.54) is 16.8 Å². The van der Waals surface area contributed by atoms with Gasteiger partial charge in [-0.15, -0.1) is 0 Å². The Morgan fingerprint density at radius 2 is 2.25 bits per heavy atom. The summed E-state index contributed by atoms with van der Waals surface area (Å²) >= 11 is 0. The first-order valence-electron chi connectivity index (χ1n) is 5.85. The van der Waals surface area contributed by atoms with Crippen molar-refractivity contribution >= 4 is 5.69 Å². The van der Waals surface area contributed by atoms with Crippen LogP contribution in [0.25, 0.3) is 0 Å². The summed E-state index contributed by atoms with van der Waals surface area (Å²) in [5.74, 6) is 5.79. The van der Waals surface area contributed by atoms with Gasteiger partial charge in [-0.3, -0.25) is 4.84 Å². The Balaban J connectivity index is 2.45. The van der Waals surface area contributed by atoms with E-state index >= 15 is 0 Å². The van der Waals surface area contributed by atoms with Crippen LogP contribution in [0, 0.1) is 0 Å². The molecular weight excluding hydrogens is 200 g/mol. The van der Waals surface area contributed by atoms with Gasteiger partial charge < -0.3 is 4.90 Å². The maximum Gasteiger partial charge on any atom is 0.0950 e. The molecule has 1 aliphatic heterocycles. The van der Waals surface area contributed by atoms with Crippen LogP contribution in [0.3, 0.4) is 0 Å². The molecule has 2 N–H and O–H groups in total. The Labute approximate surface area is 97.1 Å². The van der Waals surface area contributed by atoms with Gasteiger partial charge in [0.25, 0.3) is 0 Å². The molecule has 0 radical (unpaired) electrons. The lowest BCUT2D eigenvalue weighted by atomic mass is 10.0. The van der Waals surface area contributed by atoms with Crippen molar-refractivity contribution in [2.24, 2.45) is 5.90 Å². The molecule has 2 rings (SSSR count). The topological polar surface area (TPSA) is 38.5 Å². The van der Waals surface area contributed by atoms with Gasteiger partial charge in [-0.05, 0) is 19.4 Å². The van der Waals surface area contributed by atoms with Crippen LogP contribution in [0.4, 0.5) is 5.69 Å². The van der Waals surface area contributed by atoms with Crippen molar-refractivity contribution in [3.05, 3.63) is 29.3 Å². The summed E-state index contributed by atoms with van der Waals surface area (Å²) in [7, 11) is 0. The molecule has 0 saturated carbocycles. The Morgan fingerprint density at radius 1 is 1.50 bits per heavy atom. The first kappa shape index (κ1) is 11.4. The predicted molar refractivity (Wildman–Crippen MR) is 66.3 cm³/mol. The predicted octanol–water partition coefficient (Wildman–Crippen LogP) is 2.41. The standard InChI is InChI=1S/C13H20N2O/c1-9(2)15-7-10(3)12-6-4-5-11(8-16-14)13(12)15/h4-6,9-10H,7-8,14H2,1-3H3. The smallest absolute Gasteiger partial charge is 0.0950 e. The molecule has 1 aliphatic rings. The summed E-state index contributed by atoms with van der Waals surface area (Å²) in [4.78, 5) is 7.23. The van der Waals surface area contributed by atoms with Gasteiger partial charge in [0.15, 0.2) is 0 Å². The second-order valence-corrected chi connectivity index (χ2v) is 4.81. The van der Waals surface area contributed by atoms with Crippen molar-refractivity contribution in [2.75, 3.05) is 11.4 Å². The van der Waals surface area contributed by atoms with Crippen molar-refractivity contribution in [3.63, 3.8) is 0 Å². The Morgan fingerprint density at radius 3 is 2.88 bits per heavy atom. The van der Waals surface area contributed by atoms with E-state index in [1.807, 2.05) is 0 Å². The van der Waals surface area contributed by atoms with Gasteiger partial charge in [0.05, 0.1) is 6.61 Å². The Hall–Kier alpha value is -1.06. The molecule has 0 spiro atoms. The second kappa shape index (κ2) is 4.44. The maximum atomic E-state index is 5.19. The Kier molecular flexibility index (Phi) is 3.17. The first-order chi connectivity index (χ1) is 7.65. The van der Waals surface area contributed by atoms with Gasteiger partial charge in [-0.1, -0.05) is 25.1 Å². The van der Waals surface area contributed by atoms with Gasteiger partial charge in [0.1, 0.15) is 0 Å². The summed E-state index contributed by atoms with van der Waals surface area (Å²) < 4.78 is 0. The van der Waals surface area contributed by atoms with E-state index < -0.39 is 0 Å². The lowest BCUT2D eigenvalue weighted by Crippen LogP contribution is -2.29. The number of hydrogen-bond donors (Lipinski definition) is 1. The third-order valence-corrected chi connectivity index (χ3v) is 3.30. The molecular formula is C13H20N2O. The Bertz CT molecular complexity index is 376. The molecule has 88 valence electrons. The van der Waals surface area contributed by atoms with Gasteiger partial charge in [0, 0.05) is 29.8 Å². The zero-order valence-electron chi connectivity index (χ0n) is 10.2. The van der Waals surface area contributed by atoms with Crippen molar-refractivity contribution in [2.45, 2.75) is 39.3 Å². The van der Waals surface area contributed by atoms with E-state index in [0.717, 1.165) is 6.54 Å². The third kappa shape index (κ3) is 1.81. The molecule has 0 aromatic heterocycles. The van der Waals surface area contributed by atoms with Crippen LogP contribution in [0.15, 0.2) is 18.2 Å². The molecule has 1 atom stereocenters. The summed E-state index contributed by atoms with van der Waals surface area (Å²) in [5, 5.41) is 0. The number of hydrogen-bond acceptors (Lipinski definition) is 3. The zero-order valence-corrected chi connectivity index (χ0v) is 10.2. The van der Waals surface area contributed by atoms with Crippen molar-refractivity contribution in [1.82, 2.24) is 0 Å². The number of para-hydroxylation sites is 1. The van der Waals surface area contributed by atoms with E-state index in [-0.39, 0.29) is 0 Å². The van der Waals surface area contributed by atoms with Crippen LogP contribution in [0.2, 0.25) is 0 Å². The molecule has 3 nitrogen and oxygen atoms in total. The number of nitrogens with two attached hydrogens (primary N) is 1. The molecule has 1 aromatic carbocycles. The van der Waals surface area contributed by atoms with E-state index in [2.05, 4.69) is 43.9 Å². The van der Waals surface area contributed by atoms with Gasteiger partial charge in [0.2, 0.25) is 0 Å². The van der Waals surface area contributed by atoms with Crippen LogP contribution in [-0.2, 0) is 11.4 Å². The highest BCUT2D eigenvalue weighted by Crippen LogP contribution is 2.39. The number of nitrogens with zero attached hydrogens (tertiary/aromatic N) is 1. The SMILES string of the molecule is CC1CN(C(C)C)c2c(CON)cccc21. The summed E-state index contributed by atoms with van der Waals surface area (Å²) in [5.41, 5.74) is 3.94. The fourth-order valence-corrected chi connectivity index (χ4v) is 2.52. The lowest BCUT2D eigenvalue weighted by Gasteiger charge is -2.26. The van der Waals surface area contributed by atoms with Crippen LogP contribution < -0.4 is 10.8 Å². The molecule has 3 heteroatoms. The van der Waals surface area contributed by atoms with E-state index in [4.69, 9.17) is 10.7 Å². The van der Waals surface area contributed by atoms with Crippen molar-refractivity contribution in [1.29, 1.82) is 0 Å². The summed E-state index contributed by atoms with van der Waals surface area (Å²) in [6.07, 6.45) is 0. The highest BCUT2D eigenvalue weighted by molar-refractivity contribution is 5.65. The number of benzene rings is 1. The van der Waals surface area contributed by atoms with Crippen LogP contribution >= 0.6 is 0 Å². The van der Waals surface area contributed by atoms with Gasteiger partial charge in [-0.2, -0.15) is 0 Å². The largest absolute Gasteiger partial charge is 0.368 e. The third-order valence-electron chi connectivity index (χ3n) is 3.30. The molecule has 0 aliphatic carbocycles. The molecule has 16 heavy (non-hydrogen) atoms. The van der Waals surface area contributed by atoms with Crippen molar-refractivity contribution in [3.8, 4) is 0 Å². The van der Waals surface area contributed by atoms with E-state index in [0.29, 0.717) is 18.6 Å². The van der Waals surface area contributed by atoms with E-state index in [9.17, 15) is 0 Å². The molecule has 1 aromatic rings. The molecule has 1 unspecified atom stereocenters. The molecule has 0 fully saturated rings. The van der Waals surface area contributed by atoms with Crippen LogP contribution in [0.5, 0.6) is 0 Å². The molecule has 1 heterocycles. The molecule has 0 bridgehead atoms. The average molecular weight is 220 g/mol. The number of rotatable bonds is 3. The summed E-state index contributed by atoms with van der Waals surface area (Å²) in [6.45, 7) is 8.30. The van der Waals surface area contributed by atoms with E-state index in [1.54, 1.807) is 0 Å². The van der Waals surface area contributed by atoms with Crippen molar-refractivity contribution < 1.29 is 4.84 Å². The summed E-state index contributed by atoms with van der Waals surface area (Å²) in [6, 6.07) is 6.91. The average Bonchev–Trinajstić information content (AvgIpc) is 2.58. The minimum atomic E-state index is 0.485. The van der Waals surface area contributed by atoms with Crippen LogP contribution in [-0.4, -0.2) is 12.6 Å². The second-order valence-electron chi connectivity index (χ2n) is 4.81. The molecule has 0 saturated heterocycles. The molecule has 0 amide bonds. The first-order valence-corrected chi connectivity index (χ1v) is 5.85. The minimum absolute atomic E-state index is 0.485. The van der Waals surface area contributed by atoms with Gasteiger partial charge in [-0.25, -0.2) is 5.90 Å². The maximum absolute atomic E-state index is 5.19. The fourth-order valence-electron chi connectivity index (χ4n) is 2.52. The van der Waals surface area contributed by atoms with Gasteiger partial charge >= 0.3 is 0 Å². The normalized spacial score (nSPS) is 19.3. The number of anilines is 1. The lowest BCUT2D eigenvalue weighted by molar-refractivity contribution is 0.124. The van der Waals surface area contributed by atoms with Crippen LogP contribution in [0.1, 0.15) is 37.8 Å². The fraction of sp³-hybridized carbons (Fsp3) is 0.538.